The highest BCUT2D eigenvalue weighted by Gasteiger charge is 2.45. The van der Waals surface area contributed by atoms with E-state index in [9.17, 15) is 28.7 Å². The molecule has 2 N–H and O–H groups in total. The van der Waals surface area contributed by atoms with Crippen molar-refractivity contribution < 1.29 is 33.4 Å². The summed E-state index contributed by atoms with van der Waals surface area (Å²) in [6.07, 6.45) is -0.123. The van der Waals surface area contributed by atoms with Crippen LogP contribution in [0.1, 0.15) is 74.0 Å². The van der Waals surface area contributed by atoms with Crippen LogP contribution in [-0.4, -0.2) is 64.1 Å². The average molecular weight is 582 g/mol. The number of rotatable bonds is 8. The zero-order valence-electron chi connectivity index (χ0n) is 24.6. The van der Waals surface area contributed by atoms with E-state index in [1.807, 2.05) is 6.92 Å². The van der Waals surface area contributed by atoms with Crippen LogP contribution >= 0.6 is 0 Å². The molecule has 2 fully saturated rings. The van der Waals surface area contributed by atoms with Gasteiger partial charge in [-0.15, -0.1) is 0 Å². The number of benzene rings is 2. The maximum absolute atomic E-state index is 13.9. The number of carboxylic acids is 1. The van der Waals surface area contributed by atoms with Gasteiger partial charge in [-0.05, 0) is 67.3 Å². The van der Waals surface area contributed by atoms with Crippen molar-refractivity contribution in [3.63, 3.8) is 0 Å². The van der Waals surface area contributed by atoms with Crippen LogP contribution in [0.3, 0.4) is 0 Å². The van der Waals surface area contributed by atoms with Crippen LogP contribution in [-0.2, 0) is 14.3 Å². The van der Waals surface area contributed by atoms with Gasteiger partial charge in [0.2, 0.25) is 0 Å². The molecule has 3 amide bonds. The number of hydrogen-bond acceptors (Lipinski definition) is 5. The number of aryl methyl sites for hydroxylation is 1. The third-order valence-corrected chi connectivity index (χ3v) is 8.38. The van der Waals surface area contributed by atoms with Gasteiger partial charge >= 0.3 is 12.1 Å². The lowest BCUT2D eigenvalue weighted by Gasteiger charge is -2.38. The number of halogens is 1. The predicted molar refractivity (Wildman–Crippen MR) is 154 cm³/mol. The Labute approximate surface area is 246 Å². The fourth-order valence-electron chi connectivity index (χ4n) is 5.99. The van der Waals surface area contributed by atoms with Gasteiger partial charge in [0.15, 0.2) is 6.17 Å². The van der Waals surface area contributed by atoms with Gasteiger partial charge in [0.25, 0.3) is 11.8 Å². The van der Waals surface area contributed by atoms with Crippen molar-refractivity contribution in [1.29, 1.82) is 0 Å². The number of nitrogens with one attached hydrogen (secondary N) is 1. The van der Waals surface area contributed by atoms with E-state index in [0.29, 0.717) is 23.0 Å². The van der Waals surface area contributed by atoms with Crippen molar-refractivity contribution in [3.8, 4) is 0 Å². The number of carbonyl (C=O) groups excluding carboxylic acids is 3. The first-order valence-corrected chi connectivity index (χ1v) is 14.6. The van der Waals surface area contributed by atoms with Gasteiger partial charge in [0, 0.05) is 18.7 Å². The quantitative estimate of drug-likeness (QED) is 0.446. The number of carbonyl (C=O) groups is 4. The summed E-state index contributed by atoms with van der Waals surface area (Å²) in [7, 11) is 0. The maximum Gasteiger partial charge on any atom is 0.412 e. The molecule has 2 aromatic rings. The Kier molecular flexibility index (Phi) is 9.85. The van der Waals surface area contributed by atoms with Crippen LogP contribution in [0.25, 0.3) is 0 Å². The minimum Gasteiger partial charge on any atom is -0.481 e. The fourth-order valence-corrected chi connectivity index (χ4v) is 5.99. The summed E-state index contributed by atoms with van der Waals surface area (Å²) in [5, 5.41) is 12.2. The highest BCUT2D eigenvalue weighted by atomic mass is 19.1. The van der Waals surface area contributed by atoms with Gasteiger partial charge in [0.1, 0.15) is 11.9 Å². The molecule has 1 aliphatic heterocycles. The van der Waals surface area contributed by atoms with E-state index in [-0.39, 0.29) is 25.1 Å². The average Bonchev–Trinajstić information content (AvgIpc) is 3.38. The molecule has 5 atom stereocenters. The van der Waals surface area contributed by atoms with Gasteiger partial charge in [-0.2, -0.15) is 0 Å². The minimum absolute atomic E-state index is 0.0727. The van der Waals surface area contributed by atoms with E-state index in [2.05, 4.69) is 26.1 Å². The molecule has 1 aliphatic carbocycles. The van der Waals surface area contributed by atoms with Crippen molar-refractivity contribution in [1.82, 2.24) is 15.1 Å². The molecule has 0 radical (unpaired) electrons. The number of carboxylic acid groups (broad SMARTS) is 1. The Balaban J connectivity index is 1.63. The number of nitrogens with zero attached hydrogens (tertiary/aromatic N) is 2. The van der Waals surface area contributed by atoms with E-state index in [1.54, 1.807) is 24.3 Å². The second kappa shape index (κ2) is 13.4. The number of hydrogen-bond donors (Lipinski definition) is 2. The summed E-state index contributed by atoms with van der Waals surface area (Å²) in [6.45, 7) is 8.40. The Morgan fingerprint density at radius 2 is 1.64 bits per heavy atom. The molecular formula is C32H40FN3O6. The fraction of sp³-hybridized carbons (Fsp3) is 0.500. The zero-order valence-corrected chi connectivity index (χ0v) is 24.6. The van der Waals surface area contributed by atoms with Gasteiger partial charge < -0.3 is 20.1 Å². The molecule has 0 spiro atoms. The maximum atomic E-state index is 13.9. The smallest absolute Gasteiger partial charge is 0.412 e. The zero-order chi connectivity index (χ0) is 30.6. The lowest BCUT2D eigenvalue weighted by Crippen LogP contribution is -2.55. The first kappa shape index (κ1) is 31.0. The molecule has 42 heavy (non-hydrogen) atoms. The second-order valence-electron chi connectivity index (χ2n) is 11.9. The van der Waals surface area contributed by atoms with Crippen LogP contribution < -0.4 is 5.32 Å². The number of ether oxygens (including phenoxy) is 1. The molecule has 1 saturated carbocycles. The molecule has 4 rings (SSSR count). The summed E-state index contributed by atoms with van der Waals surface area (Å²) in [5.74, 6) is -1.96. The summed E-state index contributed by atoms with van der Waals surface area (Å²) in [6, 6.07) is 11.0. The molecule has 5 unspecified atom stereocenters. The van der Waals surface area contributed by atoms with Crippen molar-refractivity contribution in [2.45, 2.75) is 71.7 Å². The molecule has 2 aromatic carbocycles. The first-order valence-electron chi connectivity index (χ1n) is 14.6. The van der Waals surface area contributed by atoms with Gasteiger partial charge in [-0.1, -0.05) is 57.0 Å². The van der Waals surface area contributed by atoms with E-state index >= 15 is 0 Å². The van der Waals surface area contributed by atoms with Crippen molar-refractivity contribution in [2.24, 2.45) is 17.8 Å². The number of amides is 3. The molecule has 0 bridgehead atoms. The Morgan fingerprint density at radius 1 is 1.00 bits per heavy atom. The Morgan fingerprint density at radius 3 is 2.26 bits per heavy atom. The largest absolute Gasteiger partial charge is 0.481 e. The topological polar surface area (TPSA) is 116 Å². The summed E-state index contributed by atoms with van der Waals surface area (Å²) < 4.78 is 19.6. The second-order valence-corrected chi connectivity index (χ2v) is 11.9. The molecule has 10 heteroatoms. The van der Waals surface area contributed by atoms with Crippen LogP contribution in [0.4, 0.5) is 9.18 Å². The molecule has 1 saturated heterocycles. The molecule has 226 valence electrons. The normalized spacial score (nSPS) is 23.0. The lowest BCUT2D eigenvalue weighted by molar-refractivity contribution is -0.138. The van der Waals surface area contributed by atoms with Crippen molar-refractivity contribution in [2.75, 3.05) is 13.1 Å². The van der Waals surface area contributed by atoms with Crippen molar-refractivity contribution >= 4 is 23.9 Å². The van der Waals surface area contributed by atoms with E-state index < -0.39 is 48.3 Å². The highest BCUT2D eigenvalue weighted by Crippen LogP contribution is 2.36. The van der Waals surface area contributed by atoms with E-state index in [4.69, 9.17) is 4.74 Å². The first-order chi connectivity index (χ1) is 19.9. The summed E-state index contributed by atoms with van der Waals surface area (Å²) in [5.41, 5.74) is 1.70. The summed E-state index contributed by atoms with van der Waals surface area (Å²) >= 11 is 0. The van der Waals surface area contributed by atoms with Crippen molar-refractivity contribution in [3.05, 3.63) is 71.0 Å². The third kappa shape index (κ3) is 7.27. The van der Waals surface area contributed by atoms with Gasteiger partial charge in [0.05, 0.1) is 12.5 Å². The van der Waals surface area contributed by atoms with Gasteiger partial charge in [-0.25, -0.2) is 9.18 Å². The highest BCUT2D eigenvalue weighted by molar-refractivity contribution is 5.99. The molecule has 2 aliphatic rings. The summed E-state index contributed by atoms with van der Waals surface area (Å²) in [4.78, 5) is 55.4. The number of aliphatic carboxylic acids is 1. The van der Waals surface area contributed by atoms with E-state index in [0.717, 1.165) is 24.8 Å². The Bertz CT molecular complexity index is 1280. The molecule has 1 heterocycles. The molecular weight excluding hydrogens is 541 g/mol. The van der Waals surface area contributed by atoms with Crippen LogP contribution in [0, 0.1) is 30.5 Å². The van der Waals surface area contributed by atoms with Crippen LogP contribution in [0.5, 0.6) is 0 Å². The van der Waals surface area contributed by atoms with Crippen LogP contribution in [0.15, 0.2) is 48.5 Å². The Hall–Kier alpha value is -3.95. The van der Waals surface area contributed by atoms with E-state index in [1.165, 1.54) is 34.1 Å². The molecule has 9 nitrogen and oxygen atoms in total. The van der Waals surface area contributed by atoms with Gasteiger partial charge in [-0.3, -0.25) is 19.3 Å². The third-order valence-electron chi connectivity index (χ3n) is 8.38. The SMILES string of the molecule is Cc1ccc(C(=O)N2CCN(C(=O)OC3CC(C)CCC3C(C)C)C2C(=O)NC(CC(=O)O)c2ccc(F)cc2)cc1. The van der Waals surface area contributed by atoms with Crippen LogP contribution in [0.2, 0.25) is 0 Å². The lowest BCUT2D eigenvalue weighted by atomic mass is 9.75. The molecule has 0 aromatic heterocycles. The predicted octanol–water partition coefficient (Wildman–Crippen LogP) is 5.15. The standard InChI is InChI=1S/C32H40FN3O6/c1-19(2)25-14-7-21(4)17-27(25)42-32(41)36-16-15-35(31(40)23-8-5-20(3)6-9-23)30(36)29(39)34-26(18-28(37)38)22-10-12-24(33)13-11-22/h5-6,8-13,19,21,25-27,30H,7,14-18H2,1-4H3,(H,34,39)(H,37,38). The monoisotopic (exact) mass is 581 g/mol. The minimum atomic E-state index is -1.36.